The maximum Gasteiger partial charge on any atom is 0.227 e. The summed E-state index contributed by atoms with van der Waals surface area (Å²) >= 11 is 0. The predicted octanol–water partition coefficient (Wildman–Crippen LogP) is 2.96. The summed E-state index contributed by atoms with van der Waals surface area (Å²) < 4.78 is 19.7. The Morgan fingerprint density at radius 1 is 1.21 bits per heavy atom. The predicted molar refractivity (Wildman–Crippen MR) is 105 cm³/mol. The van der Waals surface area contributed by atoms with E-state index in [9.17, 15) is 14.3 Å². The summed E-state index contributed by atoms with van der Waals surface area (Å²) in [6.45, 7) is 5.09. The fourth-order valence-electron chi connectivity index (χ4n) is 5.07. The Kier molecular flexibility index (Phi) is 5.88. The standard InChI is InChI=1S/C22H31FN2O3/c23-19-12-18(6-7-20(19)26)13-21(27)25-9-8-22(16-25)15-24(10-11-28-22)14-17-4-2-1-3-5-17/h6-7,12,17,26H,1-5,8-11,13-16H2. The van der Waals surface area contributed by atoms with E-state index < -0.39 is 5.82 Å². The van der Waals surface area contributed by atoms with Gasteiger partial charge in [0.1, 0.15) is 5.60 Å². The highest BCUT2D eigenvalue weighted by Gasteiger charge is 2.44. The van der Waals surface area contributed by atoms with E-state index in [4.69, 9.17) is 4.74 Å². The number of hydrogen-bond donors (Lipinski definition) is 1. The van der Waals surface area contributed by atoms with E-state index >= 15 is 0 Å². The van der Waals surface area contributed by atoms with Crippen molar-refractivity contribution in [2.45, 2.75) is 50.5 Å². The molecule has 0 radical (unpaired) electrons. The van der Waals surface area contributed by atoms with Crippen LogP contribution in [0.4, 0.5) is 4.39 Å². The third-order valence-electron chi connectivity index (χ3n) is 6.61. The van der Waals surface area contributed by atoms with E-state index in [1.165, 1.54) is 44.2 Å². The molecule has 3 aliphatic rings. The van der Waals surface area contributed by atoms with Crippen molar-refractivity contribution in [1.29, 1.82) is 0 Å². The number of phenols is 1. The maximum absolute atomic E-state index is 13.5. The summed E-state index contributed by atoms with van der Waals surface area (Å²) in [6, 6.07) is 4.14. The first-order valence-electron chi connectivity index (χ1n) is 10.6. The Labute approximate surface area is 166 Å². The summed E-state index contributed by atoms with van der Waals surface area (Å²) in [7, 11) is 0. The van der Waals surface area contributed by atoms with Gasteiger partial charge in [-0.3, -0.25) is 9.69 Å². The lowest BCUT2D eigenvalue weighted by Crippen LogP contribution is -2.54. The number of halogens is 1. The number of morpholine rings is 1. The third-order valence-corrected chi connectivity index (χ3v) is 6.61. The van der Waals surface area contributed by atoms with Crippen LogP contribution in [0.1, 0.15) is 44.1 Å². The molecule has 1 saturated carbocycles. The van der Waals surface area contributed by atoms with Gasteiger partial charge in [0.25, 0.3) is 0 Å². The molecule has 1 aliphatic carbocycles. The molecule has 154 valence electrons. The lowest BCUT2D eigenvalue weighted by Gasteiger charge is -2.42. The summed E-state index contributed by atoms with van der Waals surface area (Å²) in [5.74, 6) is -0.260. The second-order valence-electron chi connectivity index (χ2n) is 8.80. The first-order valence-corrected chi connectivity index (χ1v) is 10.6. The van der Waals surface area contributed by atoms with E-state index in [0.717, 1.165) is 38.6 Å². The van der Waals surface area contributed by atoms with Gasteiger partial charge in [0.05, 0.1) is 19.6 Å². The number of phenolic OH excluding ortho intramolecular Hbond substituents is 1. The number of hydrogen-bond acceptors (Lipinski definition) is 4. The zero-order chi connectivity index (χ0) is 19.6. The van der Waals surface area contributed by atoms with Crippen molar-refractivity contribution < 1.29 is 19.0 Å². The fourth-order valence-corrected chi connectivity index (χ4v) is 5.07. The zero-order valence-corrected chi connectivity index (χ0v) is 16.5. The molecule has 1 aromatic rings. The number of carbonyl (C=O) groups is 1. The number of amides is 1. The monoisotopic (exact) mass is 390 g/mol. The molecular weight excluding hydrogens is 359 g/mol. The first kappa shape index (κ1) is 19.6. The molecule has 3 fully saturated rings. The normalized spacial score (nSPS) is 26.8. The Balaban J connectivity index is 1.32. The van der Waals surface area contributed by atoms with Gasteiger partial charge in [0.15, 0.2) is 11.6 Å². The van der Waals surface area contributed by atoms with E-state index in [2.05, 4.69) is 4.90 Å². The van der Waals surface area contributed by atoms with Crippen molar-refractivity contribution in [1.82, 2.24) is 9.80 Å². The van der Waals surface area contributed by atoms with Crippen LogP contribution in [-0.2, 0) is 16.0 Å². The Morgan fingerprint density at radius 2 is 2.04 bits per heavy atom. The lowest BCUT2D eigenvalue weighted by atomic mass is 9.88. The smallest absolute Gasteiger partial charge is 0.227 e. The molecule has 0 aromatic heterocycles. The highest BCUT2D eigenvalue weighted by Crippen LogP contribution is 2.32. The second-order valence-corrected chi connectivity index (χ2v) is 8.80. The van der Waals surface area contributed by atoms with Crippen LogP contribution in [0.15, 0.2) is 18.2 Å². The summed E-state index contributed by atoms with van der Waals surface area (Å²) in [5, 5.41) is 9.31. The van der Waals surface area contributed by atoms with Gasteiger partial charge < -0.3 is 14.7 Å². The van der Waals surface area contributed by atoms with Gasteiger partial charge in [-0.25, -0.2) is 4.39 Å². The Bertz CT molecular complexity index is 707. The summed E-state index contributed by atoms with van der Waals surface area (Å²) in [5.41, 5.74) is 0.340. The molecule has 4 rings (SSSR count). The molecular formula is C22H31FN2O3. The van der Waals surface area contributed by atoms with Crippen molar-refractivity contribution in [2.24, 2.45) is 5.92 Å². The van der Waals surface area contributed by atoms with E-state index in [-0.39, 0.29) is 23.7 Å². The van der Waals surface area contributed by atoms with Gasteiger partial charge in [0.2, 0.25) is 5.91 Å². The Hall–Kier alpha value is -1.66. The molecule has 28 heavy (non-hydrogen) atoms. The first-order chi connectivity index (χ1) is 13.5. The second kappa shape index (κ2) is 8.37. The molecule has 1 aromatic carbocycles. The SMILES string of the molecule is O=C(Cc1ccc(O)c(F)c1)N1CCC2(CN(CC3CCCCC3)CCO2)C1. The number of rotatable bonds is 4. The van der Waals surface area contributed by atoms with Gasteiger partial charge in [-0.2, -0.15) is 0 Å². The maximum atomic E-state index is 13.5. The molecule has 2 aliphatic heterocycles. The Morgan fingerprint density at radius 3 is 2.82 bits per heavy atom. The lowest BCUT2D eigenvalue weighted by molar-refractivity contribution is -0.134. The number of nitrogens with zero attached hydrogens (tertiary/aromatic N) is 2. The zero-order valence-electron chi connectivity index (χ0n) is 16.5. The quantitative estimate of drug-likeness (QED) is 0.859. The molecule has 1 spiro atoms. The molecule has 2 saturated heterocycles. The number of likely N-dealkylation sites (tertiary alicyclic amines) is 1. The van der Waals surface area contributed by atoms with Crippen LogP contribution in [0, 0.1) is 11.7 Å². The van der Waals surface area contributed by atoms with Crippen LogP contribution in [0.3, 0.4) is 0 Å². The van der Waals surface area contributed by atoms with Crippen LogP contribution >= 0.6 is 0 Å². The van der Waals surface area contributed by atoms with Crippen molar-refractivity contribution in [3.63, 3.8) is 0 Å². The molecule has 0 bridgehead atoms. The number of benzene rings is 1. The van der Waals surface area contributed by atoms with Gasteiger partial charge >= 0.3 is 0 Å². The fraction of sp³-hybridized carbons (Fsp3) is 0.682. The van der Waals surface area contributed by atoms with Crippen LogP contribution in [0.2, 0.25) is 0 Å². The van der Waals surface area contributed by atoms with Crippen LogP contribution in [0.5, 0.6) is 5.75 Å². The average Bonchev–Trinajstić information content (AvgIpc) is 3.09. The summed E-state index contributed by atoms with van der Waals surface area (Å²) in [6.07, 6.45) is 7.81. The minimum atomic E-state index is -0.683. The van der Waals surface area contributed by atoms with Crippen molar-refractivity contribution in [3.8, 4) is 5.75 Å². The highest BCUT2D eigenvalue weighted by molar-refractivity contribution is 5.79. The average molecular weight is 390 g/mol. The van der Waals surface area contributed by atoms with E-state index in [0.29, 0.717) is 18.7 Å². The number of carbonyl (C=O) groups excluding carboxylic acids is 1. The minimum Gasteiger partial charge on any atom is -0.505 e. The van der Waals surface area contributed by atoms with E-state index in [1.54, 1.807) is 6.07 Å². The van der Waals surface area contributed by atoms with Crippen molar-refractivity contribution in [2.75, 3.05) is 39.3 Å². The van der Waals surface area contributed by atoms with Gasteiger partial charge in [-0.1, -0.05) is 25.3 Å². The topological polar surface area (TPSA) is 53.0 Å². The van der Waals surface area contributed by atoms with Crippen LogP contribution in [0.25, 0.3) is 0 Å². The summed E-state index contributed by atoms with van der Waals surface area (Å²) in [4.78, 5) is 17.1. The van der Waals surface area contributed by atoms with Crippen molar-refractivity contribution >= 4 is 5.91 Å². The number of aromatic hydroxyl groups is 1. The molecule has 1 N–H and O–H groups in total. The van der Waals surface area contributed by atoms with Crippen LogP contribution < -0.4 is 0 Å². The number of ether oxygens (including phenoxy) is 1. The van der Waals surface area contributed by atoms with Gasteiger partial charge in [-0.05, 0) is 42.9 Å². The van der Waals surface area contributed by atoms with Gasteiger partial charge in [0, 0.05) is 26.2 Å². The third kappa shape index (κ3) is 4.49. The van der Waals surface area contributed by atoms with E-state index in [1.807, 2.05) is 4.90 Å². The van der Waals surface area contributed by atoms with Crippen LogP contribution in [-0.4, -0.2) is 65.7 Å². The molecule has 6 heteroatoms. The molecule has 1 unspecified atom stereocenters. The highest BCUT2D eigenvalue weighted by atomic mass is 19.1. The largest absolute Gasteiger partial charge is 0.505 e. The van der Waals surface area contributed by atoms with Gasteiger partial charge in [-0.15, -0.1) is 0 Å². The molecule has 1 amide bonds. The minimum absolute atomic E-state index is 0.00466. The molecule has 5 nitrogen and oxygen atoms in total. The molecule has 1 atom stereocenters. The molecule has 2 heterocycles. The van der Waals surface area contributed by atoms with Crippen molar-refractivity contribution in [3.05, 3.63) is 29.6 Å².